The lowest BCUT2D eigenvalue weighted by molar-refractivity contribution is 0.0382. The van der Waals surface area contributed by atoms with Gasteiger partial charge in [0.25, 0.3) is 5.91 Å². The molecule has 2 heterocycles. The molecular weight excluding hydrogens is 300 g/mol. The molecule has 24 heavy (non-hydrogen) atoms. The summed E-state index contributed by atoms with van der Waals surface area (Å²) in [4.78, 5) is 16.8. The molecule has 1 aromatic rings. The van der Waals surface area contributed by atoms with Crippen molar-refractivity contribution < 1.29 is 9.90 Å². The van der Waals surface area contributed by atoms with Gasteiger partial charge >= 0.3 is 0 Å². The first kappa shape index (κ1) is 17.4. The van der Waals surface area contributed by atoms with Crippen LogP contribution < -0.4 is 0 Å². The summed E-state index contributed by atoms with van der Waals surface area (Å²) in [6, 6.07) is 8.14. The Kier molecular flexibility index (Phi) is 5.57. The van der Waals surface area contributed by atoms with Crippen LogP contribution in [0.3, 0.4) is 0 Å². The van der Waals surface area contributed by atoms with Crippen LogP contribution in [0.4, 0.5) is 0 Å². The minimum atomic E-state index is 0.141. The van der Waals surface area contributed by atoms with Crippen molar-refractivity contribution in [2.75, 3.05) is 32.8 Å². The molecule has 4 nitrogen and oxygen atoms in total. The van der Waals surface area contributed by atoms with Crippen molar-refractivity contribution in [3.63, 3.8) is 0 Å². The molecular formula is C20H30N2O2. The Morgan fingerprint density at radius 2 is 1.71 bits per heavy atom. The van der Waals surface area contributed by atoms with E-state index < -0.39 is 0 Å². The number of likely N-dealkylation sites (tertiary alicyclic amines) is 2. The van der Waals surface area contributed by atoms with Gasteiger partial charge in [-0.15, -0.1) is 0 Å². The monoisotopic (exact) mass is 330 g/mol. The highest BCUT2D eigenvalue weighted by Crippen LogP contribution is 2.34. The summed E-state index contributed by atoms with van der Waals surface area (Å²) in [6.45, 7) is 7.32. The van der Waals surface area contributed by atoms with E-state index in [0.29, 0.717) is 6.61 Å². The lowest BCUT2D eigenvalue weighted by Gasteiger charge is -2.40. The number of piperidine rings is 1. The summed E-state index contributed by atoms with van der Waals surface area (Å²) < 4.78 is 0. The molecule has 3 rings (SSSR count). The standard InChI is InChI=1S/C20H30N2O2/c1-2-20(16-23)9-13-21(14-10-20)15-17-5-7-18(8-6-17)19(24)22-11-3-4-12-22/h5-8,23H,2-4,9-16H2,1H3. The first-order valence-electron chi connectivity index (χ1n) is 9.37. The SMILES string of the molecule is CCC1(CO)CCN(Cc2ccc(C(=O)N3CCCC3)cc2)CC1. The van der Waals surface area contributed by atoms with Crippen molar-refractivity contribution in [3.8, 4) is 0 Å². The zero-order valence-corrected chi connectivity index (χ0v) is 14.8. The Bertz CT molecular complexity index is 535. The minimum Gasteiger partial charge on any atom is -0.396 e. The van der Waals surface area contributed by atoms with Gasteiger partial charge in [-0.25, -0.2) is 0 Å². The molecule has 4 heteroatoms. The average Bonchev–Trinajstić information content (AvgIpc) is 3.17. The van der Waals surface area contributed by atoms with Gasteiger partial charge in [-0.2, -0.15) is 0 Å². The molecule has 0 radical (unpaired) electrons. The van der Waals surface area contributed by atoms with Gasteiger partial charge in [0, 0.05) is 31.8 Å². The predicted molar refractivity (Wildman–Crippen MR) is 95.9 cm³/mol. The van der Waals surface area contributed by atoms with Gasteiger partial charge in [0.15, 0.2) is 0 Å². The molecule has 0 aromatic heterocycles. The Morgan fingerprint density at radius 1 is 1.08 bits per heavy atom. The van der Waals surface area contributed by atoms with Crippen molar-refractivity contribution >= 4 is 5.91 Å². The van der Waals surface area contributed by atoms with Crippen LogP contribution >= 0.6 is 0 Å². The highest BCUT2D eigenvalue weighted by molar-refractivity contribution is 5.94. The number of hydrogen-bond acceptors (Lipinski definition) is 3. The average molecular weight is 330 g/mol. The van der Waals surface area contributed by atoms with Gasteiger partial charge in [-0.3, -0.25) is 9.69 Å². The first-order chi connectivity index (χ1) is 11.7. The van der Waals surface area contributed by atoms with Crippen molar-refractivity contribution in [3.05, 3.63) is 35.4 Å². The van der Waals surface area contributed by atoms with Crippen LogP contribution in [0.5, 0.6) is 0 Å². The highest BCUT2D eigenvalue weighted by atomic mass is 16.3. The highest BCUT2D eigenvalue weighted by Gasteiger charge is 2.32. The van der Waals surface area contributed by atoms with Crippen LogP contribution in [0.1, 0.15) is 54.9 Å². The fourth-order valence-corrected chi connectivity index (χ4v) is 3.92. The molecule has 2 aliphatic heterocycles. The normalized spacial score (nSPS) is 21.2. The molecule has 2 saturated heterocycles. The van der Waals surface area contributed by atoms with E-state index in [-0.39, 0.29) is 11.3 Å². The van der Waals surface area contributed by atoms with Gasteiger partial charge < -0.3 is 10.0 Å². The lowest BCUT2D eigenvalue weighted by atomic mass is 9.77. The predicted octanol–water partition coefficient (Wildman–Crippen LogP) is 2.91. The van der Waals surface area contributed by atoms with Gasteiger partial charge in [0.1, 0.15) is 0 Å². The maximum Gasteiger partial charge on any atom is 0.253 e. The number of rotatable bonds is 5. The third-order valence-electron chi connectivity index (χ3n) is 6.00. The molecule has 1 aromatic carbocycles. The van der Waals surface area contributed by atoms with E-state index in [1.54, 1.807) is 0 Å². The second kappa shape index (κ2) is 7.66. The Hall–Kier alpha value is -1.39. The van der Waals surface area contributed by atoms with E-state index in [0.717, 1.165) is 70.4 Å². The van der Waals surface area contributed by atoms with Crippen molar-refractivity contribution in [2.45, 2.75) is 45.6 Å². The number of carbonyl (C=O) groups is 1. The van der Waals surface area contributed by atoms with Crippen LogP contribution in [0.25, 0.3) is 0 Å². The molecule has 1 N–H and O–H groups in total. The minimum absolute atomic E-state index is 0.141. The van der Waals surface area contributed by atoms with Gasteiger partial charge in [-0.05, 0) is 68.3 Å². The van der Waals surface area contributed by atoms with Crippen molar-refractivity contribution in [2.24, 2.45) is 5.41 Å². The summed E-state index contributed by atoms with van der Waals surface area (Å²) in [6.07, 6.45) is 5.47. The van der Waals surface area contributed by atoms with E-state index in [1.165, 1.54) is 5.56 Å². The number of amides is 1. The maximum absolute atomic E-state index is 12.4. The fourth-order valence-electron chi connectivity index (χ4n) is 3.92. The number of nitrogens with zero attached hydrogens (tertiary/aromatic N) is 2. The molecule has 1 amide bonds. The van der Waals surface area contributed by atoms with E-state index in [2.05, 4.69) is 24.0 Å². The number of hydrogen-bond donors (Lipinski definition) is 1. The van der Waals surface area contributed by atoms with Crippen LogP contribution in [0.2, 0.25) is 0 Å². The lowest BCUT2D eigenvalue weighted by Crippen LogP contribution is -2.41. The smallest absolute Gasteiger partial charge is 0.253 e. The van der Waals surface area contributed by atoms with E-state index in [9.17, 15) is 9.90 Å². The molecule has 2 fully saturated rings. The summed E-state index contributed by atoms with van der Waals surface area (Å²) in [5.41, 5.74) is 2.22. The van der Waals surface area contributed by atoms with Crippen LogP contribution in [0.15, 0.2) is 24.3 Å². The number of carbonyl (C=O) groups excluding carboxylic acids is 1. The number of benzene rings is 1. The topological polar surface area (TPSA) is 43.8 Å². The second-order valence-electron chi connectivity index (χ2n) is 7.48. The number of aliphatic hydroxyl groups is 1. The van der Waals surface area contributed by atoms with Gasteiger partial charge in [0.2, 0.25) is 0 Å². The first-order valence-corrected chi connectivity index (χ1v) is 9.37. The van der Waals surface area contributed by atoms with Gasteiger partial charge in [0.05, 0.1) is 0 Å². The summed E-state index contributed by atoms with van der Waals surface area (Å²) >= 11 is 0. The fraction of sp³-hybridized carbons (Fsp3) is 0.650. The largest absolute Gasteiger partial charge is 0.396 e. The third kappa shape index (κ3) is 3.81. The molecule has 0 atom stereocenters. The Balaban J connectivity index is 1.54. The zero-order valence-electron chi connectivity index (χ0n) is 14.8. The zero-order chi connectivity index (χ0) is 17.0. The quantitative estimate of drug-likeness (QED) is 0.903. The van der Waals surface area contributed by atoms with Crippen LogP contribution in [0, 0.1) is 5.41 Å². The van der Waals surface area contributed by atoms with Crippen LogP contribution in [-0.2, 0) is 6.54 Å². The molecule has 0 bridgehead atoms. The Morgan fingerprint density at radius 3 is 2.25 bits per heavy atom. The summed E-state index contributed by atoms with van der Waals surface area (Å²) in [7, 11) is 0. The van der Waals surface area contributed by atoms with Crippen molar-refractivity contribution in [1.82, 2.24) is 9.80 Å². The van der Waals surface area contributed by atoms with Crippen LogP contribution in [-0.4, -0.2) is 53.6 Å². The molecule has 0 aliphatic carbocycles. The van der Waals surface area contributed by atoms with E-state index in [1.807, 2.05) is 17.0 Å². The maximum atomic E-state index is 12.4. The molecule has 0 spiro atoms. The summed E-state index contributed by atoms with van der Waals surface area (Å²) in [5.74, 6) is 0.174. The molecule has 132 valence electrons. The summed E-state index contributed by atoms with van der Waals surface area (Å²) in [5, 5.41) is 9.64. The third-order valence-corrected chi connectivity index (χ3v) is 6.00. The van der Waals surface area contributed by atoms with Crippen molar-refractivity contribution in [1.29, 1.82) is 0 Å². The van der Waals surface area contributed by atoms with Gasteiger partial charge in [-0.1, -0.05) is 19.1 Å². The van der Waals surface area contributed by atoms with E-state index >= 15 is 0 Å². The molecule has 2 aliphatic rings. The molecule has 0 saturated carbocycles. The molecule has 0 unspecified atom stereocenters. The second-order valence-corrected chi connectivity index (χ2v) is 7.48. The van der Waals surface area contributed by atoms with E-state index in [4.69, 9.17) is 0 Å². The Labute approximate surface area is 145 Å². The number of aliphatic hydroxyl groups excluding tert-OH is 1.